The van der Waals surface area contributed by atoms with E-state index in [4.69, 9.17) is 9.47 Å². The summed E-state index contributed by atoms with van der Waals surface area (Å²) in [5, 5.41) is 13.3. The molecule has 0 saturated carbocycles. The lowest BCUT2D eigenvalue weighted by molar-refractivity contribution is 0.0277. The first-order chi connectivity index (χ1) is 10.6. The number of ether oxygens (including phenoxy) is 2. The molecule has 0 radical (unpaired) electrons. The third-order valence-corrected chi connectivity index (χ3v) is 4.56. The van der Waals surface area contributed by atoms with Gasteiger partial charge in [-0.1, -0.05) is 26.0 Å². The van der Waals surface area contributed by atoms with Gasteiger partial charge < -0.3 is 19.9 Å². The Bertz CT molecular complexity index is 513. The van der Waals surface area contributed by atoms with Crippen molar-refractivity contribution in [2.75, 3.05) is 46.0 Å². The maximum atomic E-state index is 9.95. The van der Waals surface area contributed by atoms with Crippen molar-refractivity contribution in [2.45, 2.75) is 19.9 Å². The van der Waals surface area contributed by atoms with E-state index in [-0.39, 0.29) is 18.1 Å². The molecule has 0 bridgehead atoms. The number of fused-ring (bicyclic) bond motifs is 1. The van der Waals surface area contributed by atoms with Gasteiger partial charge in [-0.05, 0) is 6.07 Å². The number of aliphatic hydroxyl groups is 1. The number of rotatable bonds is 4. The van der Waals surface area contributed by atoms with E-state index in [2.05, 4.69) is 30.1 Å². The number of piperazine rings is 1. The Hall–Kier alpha value is -1.30. The van der Waals surface area contributed by atoms with E-state index in [1.807, 2.05) is 12.1 Å². The number of nitrogens with zero attached hydrogens (tertiary/aromatic N) is 1. The summed E-state index contributed by atoms with van der Waals surface area (Å²) in [6.45, 7) is 9.43. The Balaban J connectivity index is 2.02. The third kappa shape index (κ3) is 2.93. The van der Waals surface area contributed by atoms with Crippen molar-refractivity contribution >= 4 is 0 Å². The van der Waals surface area contributed by atoms with Crippen LogP contribution in [-0.4, -0.2) is 56.0 Å². The molecule has 2 aliphatic heterocycles. The van der Waals surface area contributed by atoms with E-state index in [0.29, 0.717) is 13.2 Å². The SMILES string of the molecule is CC(C)(CO)[C@H](c1cccc2c1OCCO2)N1CCNCC1. The van der Waals surface area contributed by atoms with Crippen molar-refractivity contribution in [3.63, 3.8) is 0 Å². The first kappa shape index (κ1) is 15.6. The largest absolute Gasteiger partial charge is 0.486 e. The van der Waals surface area contributed by atoms with Gasteiger partial charge in [0.2, 0.25) is 0 Å². The average Bonchev–Trinajstić information content (AvgIpc) is 2.56. The lowest BCUT2D eigenvalue weighted by Crippen LogP contribution is -2.49. The second-order valence-electron chi connectivity index (χ2n) is 6.71. The van der Waals surface area contributed by atoms with Crippen LogP contribution in [0.25, 0.3) is 0 Å². The van der Waals surface area contributed by atoms with Crippen molar-refractivity contribution < 1.29 is 14.6 Å². The summed E-state index contributed by atoms with van der Waals surface area (Å²) in [6.07, 6.45) is 0. The molecular formula is C17H26N2O3. The number of para-hydroxylation sites is 1. The molecule has 1 saturated heterocycles. The quantitative estimate of drug-likeness (QED) is 0.881. The Labute approximate surface area is 132 Å². The van der Waals surface area contributed by atoms with Crippen LogP contribution < -0.4 is 14.8 Å². The highest BCUT2D eigenvalue weighted by Gasteiger charge is 2.38. The van der Waals surface area contributed by atoms with E-state index in [1.54, 1.807) is 0 Å². The van der Waals surface area contributed by atoms with E-state index < -0.39 is 0 Å². The van der Waals surface area contributed by atoms with Gasteiger partial charge in [0.25, 0.3) is 0 Å². The maximum Gasteiger partial charge on any atom is 0.166 e. The lowest BCUT2D eigenvalue weighted by atomic mass is 9.79. The minimum atomic E-state index is -0.257. The summed E-state index contributed by atoms with van der Waals surface area (Å²) in [4.78, 5) is 2.44. The number of aliphatic hydroxyl groups excluding tert-OH is 1. The summed E-state index contributed by atoms with van der Waals surface area (Å²) in [6, 6.07) is 6.19. The summed E-state index contributed by atoms with van der Waals surface area (Å²) in [7, 11) is 0. The standard InChI is InChI=1S/C17H26N2O3/c1-17(2,12-20)16(19-8-6-18-7-9-19)13-4-3-5-14-15(13)22-11-10-21-14/h3-5,16,18,20H,6-12H2,1-2H3/t16-/m0/s1. The normalized spacial score (nSPS) is 20.7. The van der Waals surface area contributed by atoms with Crippen LogP contribution in [0.2, 0.25) is 0 Å². The molecule has 1 aromatic carbocycles. The lowest BCUT2D eigenvalue weighted by Gasteiger charge is -2.44. The molecule has 2 N–H and O–H groups in total. The smallest absolute Gasteiger partial charge is 0.166 e. The Morgan fingerprint density at radius 3 is 2.68 bits per heavy atom. The fraction of sp³-hybridized carbons (Fsp3) is 0.647. The highest BCUT2D eigenvalue weighted by molar-refractivity contribution is 5.49. The summed E-state index contributed by atoms with van der Waals surface area (Å²) in [5.41, 5.74) is 0.867. The number of benzene rings is 1. The zero-order valence-electron chi connectivity index (χ0n) is 13.5. The molecule has 0 spiro atoms. The summed E-state index contributed by atoms with van der Waals surface area (Å²) in [5.74, 6) is 1.66. The minimum absolute atomic E-state index is 0.108. The van der Waals surface area contributed by atoms with Crippen LogP contribution in [0.15, 0.2) is 18.2 Å². The first-order valence-corrected chi connectivity index (χ1v) is 8.07. The topological polar surface area (TPSA) is 54.0 Å². The van der Waals surface area contributed by atoms with Crippen LogP contribution in [0.3, 0.4) is 0 Å². The molecule has 0 aromatic heterocycles. The highest BCUT2D eigenvalue weighted by atomic mass is 16.6. The van der Waals surface area contributed by atoms with Crippen molar-refractivity contribution in [3.05, 3.63) is 23.8 Å². The number of nitrogens with one attached hydrogen (secondary N) is 1. The van der Waals surface area contributed by atoms with Crippen LogP contribution in [0, 0.1) is 5.41 Å². The fourth-order valence-corrected chi connectivity index (χ4v) is 3.45. The third-order valence-electron chi connectivity index (χ3n) is 4.56. The molecular weight excluding hydrogens is 280 g/mol. The van der Waals surface area contributed by atoms with Gasteiger partial charge in [-0.15, -0.1) is 0 Å². The van der Waals surface area contributed by atoms with Crippen LogP contribution in [0.4, 0.5) is 0 Å². The van der Waals surface area contributed by atoms with Gasteiger partial charge in [0.15, 0.2) is 11.5 Å². The average molecular weight is 306 g/mol. The maximum absolute atomic E-state index is 9.95. The van der Waals surface area contributed by atoms with E-state index in [0.717, 1.165) is 43.2 Å². The molecule has 5 nitrogen and oxygen atoms in total. The molecule has 0 unspecified atom stereocenters. The molecule has 5 heteroatoms. The second kappa shape index (κ2) is 6.44. The molecule has 122 valence electrons. The van der Waals surface area contributed by atoms with Crippen LogP contribution in [-0.2, 0) is 0 Å². The van der Waals surface area contributed by atoms with Crippen LogP contribution in [0.5, 0.6) is 11.5 Å². The molecule has 2 heterocycles. The Morgan fingerprint density at radius 2 is 1.95 bits per heavy atom. The molecule has 1 fully saturated rings. The highest BCUT2D eigenvalue weighted by Crippen LogP contribution is 2.46. The van der Waals surface area contributed by atoms with Gasteiger partial charge in [0, 0.05) is 49.8 Å². The van der Waals surface area contributed by atoms with Crippen molar-refractivity contribution in [3.8, 4) is 11.5 Å². The Morgan fingerprint density at radius 1 is 1.23 bits per heavy atom. The van der Waals surface area contributed by atoms with Crippen molar-refractivity contribution in [2.24, 2.45) is 5.41 Å². The molecule has 0 amide bonds. The first-order valence-electron chi connectivity index (χ1n) is 8.07. The van der Waals surface area contributed by atoms with Gasteiger partial charge in [0.05, 0.1) is 0 Å². The van der Waals surface area contributed by atoms with E-state index >= 15 is 0 Å². The van der Waals surface area contributed by atoms with Crippen LogP contribution in [0.1, 0.15) is 25.5 Å². The molecule has 2 aliphatic rings. The molecule has 22 heavy (non-hydrogen) atoms. The van der Waals surface area contributed by atoms with Crippen LogP contribution >= 0.6 is 0 Å². The molecule has 1 aromatic rings. The minimum Gasteiger partial charge on any atom is -0.486 e. The van der Waals surface area contributed by atoms with Gasteiger partial charge >= 0.3 is 0 Å². The monoisotopic (exact) mass is 306 g/mol. The van der Waals surface area contributed by atoms with Gasteiger partial charge in [-0.25, -0.2) is 0 Å². The Kier molecular flexibility index (Phi) is 4.57. The van der Waals surface area contributed by atoms with Crippen molar-refractivity contribution in [1.82, 2.24) is 10.2 Å². The second-order valence-corrected chi connectivity index (χ2v) is 6.71. The number of hydrogen-bond acceptors (Lipinski definition) is 5. The molecule has 3 rings (SSSR count). The predicted molar refractivity (Wildman–Crippen MR) is 85.5 cm³/mol. The summed E-state index contributed by atoms with van der Waals surface area (Å²) < 4.78 is 11.6. The molecule has 0 aliphatic carbocycles. The zero-order valence-corrected chi connectivity index (χ0v) is 13.5. The van der Waals surface area contributed by atoms with E-state index in [9.17, 15) is 5.11 Å². The fourth-order valence-electron chi connectivity index (χ4n) is 3.45. The number of hydrogen-bond donors (Lipinski definition) is 2. The zero-order chi connectivity index (χ0) is 15.6. The van der Waals surface area contributed by atoms with Gasteiger partial charge in [0.1, 0.15) is 13.2 Å². The van der Waals surface area contributed by atoms with E-state index in [1.165, 1.54) is 0 Å². The molecule has 1 atom stereocenters. The predicted octanol–water partition coefficient (Wildman–Crippen LogP) is 1.42. The van der Waals surface area contributed by atoms with Crippen molar-refractivity contribution in [1.29, 1.82) is 0 Å². The van der Waals surface area contributed by atoms with Gasteiger partial charge in [-0.2, -0.15) is 0 Å². The summed E-state index contributed by atoms with van der Waals surface area (Å²) >= 11 is 0. The van der Waals surface area contributed by atoms with Gasteiger partial charge in [-0.3, -0.25) is 4.90 Å².